The fourth-order valence-electron chi connectivity index (χ4n) is 4.09. The van der Waals surface area contributed by atoms with Gasteiger partial charge in [0.05, 0.1) is 19.3 Å². The van der Waals surface area contributed by atoms with Gasteiger partial charge in [0.25, 0.3) is 5.91 Å². The molecule has 2 fully saturated rings. The average Bonchev–Trinajstić information content (AvgIpc) is 3.18. The van der Waals surface area contributed by atoms with Crippen molar-refractivity contribution >= 4 is 11.6 Å². The number of carbonyl (C=O) groups excluding carboxylic acids is 1. The Morgan fingerprint density at radius 1 is 1.17 bits per heavy atom. The summed E-state index contributed by atoms with van der Waals surface area (Å²) < 4.78 is 5.36. The van der Waals surface area contributed by atoms with Crippen molar-refractivity contribution in [3.8, 4) is 5.75 Å². The van der Waals surface area contributed by atoms with Crippen LogP contribution in [0.2, 0.25) is 0 Å². The number of methoxy groups -OCH3 is 1. The molecule has 3 atom stereocenters. The zero-order valence-electron chi connectivity index (χ0n) is 14.2. The number of nitrogens with zero attached hydrogens (tertiary/aromatic N) is 1. The first-order valence-electron chi connectivity index (χ1n) is 8.58. The number of aryl methyl sites for hydroxylation is 1. The van der Waals surface area contributed by atoms with Crippen LogP contribution >= 0.6 is 0 Å². The third kappa shape index (κ3) is 2.38. The van der Waals surface area contributed by atoms with E-state index in [4.69, 9.17) is 4.74 Å². The molecule has 0 aromatic heterocycles. The Bertz CT molecular complexity index is 756. The highest BCUT2D eigenvalue weighted by Crippen LogP contribution is 2.32. The lowest BCUT2D eigenvalue weighted by molar-refractivity contribution is -0.924. The van der Waals surface area contributed by atoms with Crippen molar-refractivity contribution in [1.29, 1.82) is 0 Å². The van der Waals surface area contributed by atoms with Gasteiger partial charge in [-0.1, -0.05) is 35.9 Å². The Morgan fingerprint density at radius 3 is 2.71 bits per heavy atom. The van der Waals surface area contributed by atoms with Gasteiger partial charge in [0, 0.05) is 24.5 Å². The smallest absolute Gasteiger partial charge is 0.290 e. The second-order valence-corrected chi connectivity index (χ2v) is 6.74. The van der Waals surface area contributed by atoms with Crippen molar-refractivity contribution < 1.29 is 14.4 Å². The Balaban J connectivity index is 1.79. The van der Waals surface area contributed by atoms with Crippen LogP contribution in [0.4, 0.5) is 5.69 Å². The molecule has 0 bridgehead atoms. The first-order chi connectivity index (χ1) is 11.7. The number of fused-ring (bicyclic) bond motifs is 1. The third-order valence-corrected chi connectivity index (χ3v) is 5.28. The topological polar surface area (TPSA) is 34.0 Å². The minimum atomic E-state index is 0.0534. The van der Waals surface area contributed by atoms with Crippen LogP contribution in [-0.2, 0) is 4.79 Å². The summed E-state index contributed by atoms with van der Waals surface area (Å²) in [5, 5.41) is 0. The molecule has 2 heterocycles. The van der Waals surface area contributed by atoms with E-state index in [1.807, 2.05) is 29.2 Å². The number of ether oxygens (including phenoxy) is 1. The van der Waals surface area contributed by atoms with Gasteiger partial charge in [0.15, 0.2) is 12.2 Å². The van der Waals surface area contributed by atoms with Gasteiger partial charge < -0.3 is 9.64 Å². The van der Waals surface area contributed by atoms with Gasteiger partial charge in [0.1, 0.15) is 5.75 Å². The molecule has 1 N–H and O–H groups in total. The highest BCUT2D eigenvalue weighted by atomic mass is 16.5. The predicted octanol–water partition coefficient (Wildman–Crippen LogP) is 2.10. The van der Waals surface area contributed by atoms with Gasteiger partial charge in [-0.2, -0.15) is 0 Å². The molecule has 4 nitrogen and oxygen atoms in total. The van der Waals surface area contributed by atoms with Crippen LogP contribution in [0.25, 0.3) is 0 Å². The fourth-order valence-corrected chi connectivity index (χ4v) is 4.09. The SMILES string of the molecule is COc1cccc(N2C(=O)[C@H]3CCC[NH+]3[C@H]2c2ccc(C)cc2)c1. The first-order valence-corrected chi connectivity index (χ1v) is 8.58. The summed E-state index contributed by atoms with van der Waals surface area (Å²) in [4.78, 5) is 16.5. The summed E-state index contributed by atoms with van der Waals surface area (Å²) in [5.41, 5.74) is 3.37. The molecule has 4 heteroatoms. The Labute approximate surface area is 142 Å². The van der Waals surface area contributed by atoms with E-state index in [0.717, 1.165) is 30.8 Å². The second kappa shape index (κ2) is 5.95. The number of nitrogens with one attached hydrogen (secondary N) is 1. The van der Waals surface area contributed by atoms with Crippen LogP contribution in [0.1, 0.15) is 30.1 Å². The van der Waals surface area contributed by atoms with Crippen LogP contribution in [0, 0.1) is 6.92 Å². The van der Waals surface area contributed by atoms with Crippen LogP contribution in [0.5, 0.6) is 5.75 Å². The molecule has 1 unspecified atom stereocenters. The van der Waals surface area contributed by atoms with Crippen molar-refractivity contribution in [2.75, 3.05) is 18.6 Å². The summed E-state index contributed by atoms with van der Waals surface area (Å²) in [5.74, 6) is 1.02. The molecule has 24 heavy (non-hydrogen) atoms. The molecule has 2 aromatic carbocycles. The summed E-state index contributed by atoms with van der Waals surface area (Å²) in [7, 11) is 1.66. The van der Waals surface area contributed by atoms with E-state index in [1.54, 1.807) is 7.11 Å². The van der Waals surface area contributed by atoms with Crippen molar-refractivity contribution in [2.24, 2.45) is 0 Å². The quantitative estimate of drug-likeness (QED) is 0.938. The number of benzene rings is 2. The van der Waals surface area contributed by atoms with E-state index in [2.05, 4.69) is 31.2 Å². The summed E-state index contributed by atoms with van der Waals surface area (Å²) in [6.07, 6.45) is 2.16. The maximum absolute atomic E-state index is 13.1. The average molecular weight is 323 g/mol. The molecule has 0 aliphatic carbocycles. The number of anilines is 1. The summed E-state index contributed by atoms with van der Waals surface area (Å²) in [6.45, 7) is 3.14. The molecular formula is C20H23N2O2+. The molecule has 0 saturated carbocycles. The van der Waals surface area contributed by atoms with Gasteiger partial charge in [-0.05, 0) is 19.1 Å². The maximum Gasteiger partial charge on any atom is 0.290 e. The van der Waals surface area contributed by atoms with Crippen LogP contribution in [0.15, 0.2) is 48.5 Å². The summed E-state index contributed by atoms with van der Waals surface area (Å²) in [6, 6.07) is 16.5. The molecule has 2 saturated heterocycles. The number of carbonyl (C=O) groups is 1. The normalized spacial score (nSPS) is 25.8. The lowest BCUT2D eigenvalue weighted by Gasteiger charge is -2.26. The highest BCUT2D eigenvalue weighted by molar-refractivity contribution is 5.98. The fraction of sp³-hybridized carbons (Fsp3) is 0.350. The lowest BCUT2D eigenvalue weighted by atomic mass is 10.1. The molecule has 2 aromatic rings. The van der Waals surface area contributed by atoms with Crippen LogP contribution in [0.3, 0.4) is 0 Å². The Morgan fingerprint density at radius 2 is 1.96 bits per heavy atom. The van der Waals surface area contributed by atoms with E-state index in [1.165, 1.54) is 16.0 Å². The van der Waals surface area contributed by atoms with Crippen LogP contribution in [-0.4, -0.2) is 25.6 Å². The first kappa shape index (κ1) is 15.2. The molecule has 2 aliphatic rings. The van der Waals surface area contributed by atoms with Gasteiger partial charge in [-0.15, -0.1) is 0 Å². The largest absolute Gasteiger partial charge is 0.497 e. The van der Waals surface area contributed by atoms with Crippen molar-refractivity contribution in [2.45, 2.75) is 32.0 Å². The van der Waals surface area contributed by atoms with Gasteiger partial charge >= 0.3 is 0 Å². The second-order valence-electron chi connectivity index (χ2n) is 6.74. The minimum absolute atomic E-state index is 0.0534. The zero-order valence-corrected chi connectivity index (χ0v) is 14.2. The summed E-state index contributed by atoms with van der Waals surface area (Å²) >= 11 is 0. The van der Waals surface area contributed by atoms with E-state index in [0.29, 0.717) is 0 Å². The molecule has 1 amide bonds. The molecular weight excluding hydrogens is 300 g/mol. The van der Waals surface area contributed by atoms with E-state index in [9.17, 15) is 4.79 Å². The molecule has 0 radical (unpaired) electrons. The maximum atomic E-state index is 13.1. The van der Waals surface area contributed by atoms with E-state index in [-0.39, 0.29) is 18.1 Å². The molecule has 4 rings (SSSR count). The number of hydrogen-bond acceptors (Lipinski definition) is 2. The van der Waals surface area contributed by atoms with Crippen molar-refractivity contribution in [1.82, 2.24) is 0 Å². The number of hydrogen-bond donors (Lipinski definition) is 1. The van der Waals surface area contributed by atoms with Gasteiger partial charge in [-0.3, -0.25) is 9.69 Å². The van der Waals surface area contributed by atoms with Gasteiger partial charge in [0.2, 0.25) is 0 Å². The molecule has 124 valence electrons. The Hall–Kier alpha value is -2.33. The van der Waals surface area contributed by atoms with Gasteiger partial charge in [-0.25, -0.2) is 0 Å². The lowest BCUT2D eigenvalue weighted by Crippen LogP contribution is -3.12. The monoisotopic (exact) mass is 323 g/mol. The number of rotatable bonds is 3. The van der Waals surface area contributed by atoms with Crippen LogP contribution < -0.4 is 14.5 Å². The number of quaternary nitrogens is 1. The standard InChI is InChI=1S/C20H22N2O2/c1-14-8-10-15(11-9-14)19-21-12-4-7-18(21)20(23)22(19)16-5-3-6-17(13-16)24-2/h3,5-6,8-11,13,18-19H,4,7,12H2,1-2H3/p+1/t18-,19-/m1/s1. The molecule has 2 aliphatic heterocycles. The highest BCUT2D eigenvalue weighted by Gasteiger charge is 2.53. The predicted molar refractivity (Wildman–Crippen MR) is 93.3 cm³/mol. The Kier molecular flexibility index (Phi) is 3.77. The zero-order chi connectivity index (χ0) is 16.7. The van der Waals surface area contributed by atoms with E-state index >= 15 is 0 Å². The third-order valence-electron chi connectivity index (χ3n) is 5.28. The van der Waals surface area contributed by atoms with Crippen molar-refractivity contribution in [3.05, 3.63) is 59.7 Å². The van der Waals surface area contributed by atoms with E-state index < -0.39 is 0 Å². The van der Waals surface area contributed by atoms with Crippen molar-refractivity contribution in [3.63, 3.8) is 0 Å². The molecule has 0 spiro atoms. The number of amides is 1. The minimum Gasteiger partial charge on any atom is -0.497 e.